The zero-order chi connectivity index (χ0) is 14.7. The van der Waals surface area contributed by atoms with Gasteiger partial charge in [0.15, 0.2) is 0 Å². The molecule has 20 heavy (non-hydrogen) atoms. The van der Waals surface area contributed by atoms with Crippen molar-refractivity contribution in [2.24, 2.45) is 0 Å². The maximum atomic E-state index is 12.9. The number of aryl methyl sites for hydroxylation is 2. The van der Waals surface area contributed by atoms with Crippen molar-refractivity contribution in [1.82, 2.24) is 15.3 Å². The summed E-state index contributed by atoms with van der Waals surface area (Å²) in [5.41, 5.74) is 1.93. The number of carbonyl (C=O) groups is 1. The van der Waals surface area contributed by atoms with Crippen molar-refractivity contribution in [3.63, 3.8) is 0 Å². The summed E-state index contributed by atoms with van der Waals surface area (Å²) in [5, 5.41) is 2.85. The third-order valence-electron chi connectivity index (χ3n) is 3.06. The van der Waals surface area contributed by atoms with E-state index in [1.165, 1.54) is 18.3 Å². The maximum Gasteiger partial charge on any atom is 0.255 e. The van der Waals surface area contributed by atoms with E-state index < -0.39 is 0 Å². The summed E-state index contributed by atoms with van der Waals surface area (Å²) >= 11 is 0. The lowest BCUT2D eigenvalue weighted by Crippen LogP contribution is -2.27. The standard InChI is InChI=1S/C15H16FN3O/c1-9(12-4-6-13(16)7-5-12)19-15(20)14-8-17-11(3)18-10(14)2/h4-9H,1-3H3,(H,19,20)/t9-/m0/s1. The number of amides is 1. The third-order valence-corrected chi connectivity index (χ3v) is 3.06. The van der Waals surface area contributed by atoms with Crippen molar-refractivity contribution in [2.75, 3.05) is 0 Å². The van der Waals surface area contributed by atoms with Gasteiger partial charge in [0.05, 0.1) is 17.3 Å². The smallest absolute Gasteiger partial charge is 0.255 e. The van der Waals surface area contributed by atoms with Crippen LogP contribution in [0.4, 0.5) is 4.39 Å². The van der Waals surface area contributed by atoms with Crippen LogP contribution in [0.3, 0.4) is 0 Å². The molecular formula is C15H16FN3O. The van der Waals surface area contributed by atoms with Gasteiger partial charge in [0.25, 0.3) is 5.91 Å². The van der Waals surface area contributed by atoms with Crippen LogP contribution in [-0.2, 0) is 0 Å². The molecule has 0 saturated carbocycles. The second-order valence-electron chi connectivity index (χ2n) is 4.66. The highest BCUT2D eigenvalue weighted by Gasteiger charge is 2.14. The van der Waals surface area contributed by atoms with Crippen LogP contribution in [0.25, 0.3) is 0 Å². The van der Waals surface area contributed by atoms with Crippen molar-refractivity contribution < 1.29 is 9.18 Å². The van der Waals surface area contributed by atoms with Crippen molar-refractivity contribution in [3.8, 4) is 0 Å². The summed E-state index contributed by atoms with van der Waals surface area (Å²) in [4.78, 5) is 20.4. The molecule has 0 aliphatic carbocycles. The lowest BCUT2D eigenvalue weighted by atomic mass is 10.1. The van der Waals surface area contributed by atoms with Gasteiger partial charge in [-0.2, -0.15) is 0 Å². The van der Waals surface area contributed by atoms with E-state index in [1.807, 2.05) is 6.92 Å². The molecule has 0 spiro atoms. The average molecular weight is 273 g/mol. The minimum atomic E-state index is -0.296. The molecule has 5 heteroatoms. The molecule has 0 fully saturated rings. The highest BCUT2D eigenvalue weighted by molar-refractivity contribution is 5.95. The summed E-state index contributed by atoms with van der Waals surface area (Å²) in [6.45, 7) is 5.39. The van der Waals surface area contributed by atoms with Crippen LogP contribution in [0.5, 0.6) is 0 Å². The quantitative estimate of drug-likeness (QED) is 0.935. The second kappa shape index (κ2) is 5.77. The summed E-state index contributed by atoms with van der Waals surface area (Å²) in [6, 6.07) is 5.83. The molecule has 2 aromatic rings. The molecule has 1 heterocycles. The molecule has 0 aliphatic heterocycles. The van der Waals surface area contributed by atoms with E-state index in [-0.39, 0.29) is 17.8 Å². The number of nitrogens with zero attached hydrogens (tertiary/aromatic N) is 2. The second-order valence-corrected chi connectivity index (χ2v) is 4.66. The number of nitrogens with one attached hydrogen (secondary N) is 1. The number of carbonyl (C=O) groups excluding carboxylic acids is 1. The molecule has 1 aromatic carbocycles. The minimum Gasteiger partial charge on any atom is -0.345 e. The normalized spacial score (nSPS) is 12.0. The summed E-state index contributed by atoms with van der Waals surface area (Å²) < 4.78 is 12.9. The summed E-state index contributed by atoms with van der Waals surface area (Å²) in [7, 11) is 0. The van der Waals surface area contributed by atoms with Gasteiger partial charge in [0.2, 0.25) is 0 Å². The average Bonchev–Trinajstić information content (AvgIpc) is 2.39. The molecule has 0 radical (unpaired) electrons. The van der Waals surface area contributed by atoms with E-state index in [4.69, 9.17) is 0 Å². The molecule has 0 saturated heterocycles. The Hall–Kier alpha value is -2.30. The Morgan fingerprint density at radius 2 is 1.90 bits per heavy atom. The number of aromatic nitrogens is 2. The largest absolute Gasteiger partial charge is 0.345 e. The highest BCUT2D eigenvalue weighted by Crippen LogP contribution is 2.14. The fraction of sp³-hybridized carbons (Fsp3) is 0.267. The first-order chi connectivity index (χ1) is 9.47. The Morgan fingerprint density at radius 1 is 1.25 bits per heavy atom. The van der Waals surface area contributed by atoms with E-state index in [9.17, 15) is 9.18 Å². The van der Waals surface area contributed by atoms with Gasteiger partial charge >= 0.3 is 0 Å². The summed E-state index contributed by atoms with van der Waals surface area (Å²) in [5.74, 6) is 0.0972. The van der Waals surface area contributed by atoms with E-state index in [0.717, 1.165) is 5.56 Å². The van der Waals surface area contributed by atoms with Crippen molar-refractivity contribution in [3.05, 3.63) is 58.9 Å². The monoisotopic (exact) mass is 273 g/mol. The number of benzene rings is 1. The molecule has 104 valence electrons. The number of hydrogen-bond donors (Lipinski definition) is 1. The fourth-order valence-corrected chi connectivity index (χ4v) is 1.92. The van der Waals surface area contributed by atoms with Gasteiger partial charge in [-0.3, -0.25) is 4.79 Å². The van der Waals surface area contributed by atoms with Crippen LogP contribution < -0.4 is 5.32 Å². The Kier molecular flexibility index (Phi) is 4.08. The van der Waals surface area contributed by atoms with Crippen molar-refractivity contribution >= 4 is 5.91 Å². The van der Waals surface area contributed by atoms with Gasteiger partial charge in [-0.05, 0) is 38.5 Å². The SMILES string of the molecule is Cc1ncc(C(=O)N[C@@H](C)c2ccc(F)cc2)c(C)n1. The molecule has 0 unspecified atom stereocenters. The van der Waals surface area contributed by atoms with Gasteiger partial charge in [0, 0.05) is 6.20 Å². The van der Waals surface area contributed by atoms with Crippen molar-refractivity contribution in [2.45, 2.75) is 26.8 Å². The first kappa shape index (κ1) is 14.1. The topological polar surface area (TPSA) is 54.9 Å². The zero-order valence-corrected chi connectivity index (χ0v) is 11.6. The first-order valence-corrected chi connectivity index (χ1v) is 6.34. The molecule has 4 nitrogen and oxygen atoms in total. The van der Waals surface area contributed by atoms with Gasteiger partial charge in [-0.25, -0.2) is 14.4 Å². The molecule has 0 bridgehead atoms. The lowest BCUT2D eigenvalue weighted by molar-refractivity contribution is 0.0938. The van der Waals surface area contributed by atoms with Crippen LogP contribution in [-0.4, -0.2) is 15.9 Å². The fourth-order valence-electron chi connectivity index (χ4n) is 1.92. The molecule has 1 N–H and O–H groups in total. The number of rotatable bonds is 3. The third kappa shape index (κ3) is 3.17. The Morgan fingerprint density at radius 3 is 2.50 bits per heavy atom. The van der Waals surface area contributed by atoms with Crippen LogP contribution in [0.1, 0.15) is 40.4 Å². The molecular weight excluding hydrogens is 257 g/mol. The molecule has 2 rings (SSSR count). The first-order valence-electron chi connectivity index (χ1n) is 6.34. The van der Waals surface area contributed by atoms with Gasteiger partial charge in [0.1, 0.15) is 11.6 Å². The molecule has 0 aliphatic rings. The maximum absolute atomic E-state index is 12.9. The van der Waals surface area contributed by atoms with E-state index >= 15 is 0 Å². The Balaban J connectivity index is 2.13. The predicted molar refractivity (Wildman–Crippen MR) is 73.8 cm³/mol. The molecule has 1 atom stereocenters. The van der Waals surface area contributed by atoms with Gasteiger partial charge < -0.3 is 5.32 Å². The number of halogens is 1. The van der Waals surface area contributed by atoms with E-state index in [2.05, 4.69) is 15.3 Å². The Labute approximate surface area is 117 Å². The van der Waals surface area contributed by atoms with Gasteiger partial charge in [-0.15, -0.1) is 0 Å². The molecule has 1 aromatic heterocycles. The zero-order valence-electron chi connectivity index (χ0n) is 11.6. The summed E-state index contributed by atoms with van der Waals surface area (Å²) in [6.07, 6.45) is 1.52. The van der Waals surface area contributed by atoms with Crippen molar-refractivity contribution in [1.29, 1.82) is 0 Å². The lowest BCUT2D eigenvalue weighted by Gasteiger charge is -2.15. The van der Waals surface area contributed by atoms with Crippen LogP contribution in [0.15, 0.2) is 30.5 Å². The van der Waals surface area contributed by atoms with Gasteiger partial charge in [-0.1, -0.05) is 12.1 Å². The molecule has 1 amide bonds. The predicted octanol–water partition coefficient (Wildman–Crippen LogP) is 2.72. The van der Waals surface area contributed by atoms with Crippen LogP contribution >= 0.6 is 0 Å². The number of hydrogen-bond acceptors (Lipinski definition) is 3. The Bertz CT molecular complexity index is 626. The van der Waals surface area contributed by atoms with Crippen LogP contribution in [0.2, 0.25) is 0 Å². The highest BCUT2D eigenvalue weighted by atomic mass is 19.1. The van der Waals surface area contributed by atoms with E-state index in [1.54, 1.807) is 26.0 Å². The van der Waals surface area contributed by atoms with Crippen LogP contribution in [0, 0.1) is 19.7 Å². The van der Waals surface area contributed by atoms with E-state index in [0.29, 0.717) is 17.1 Å². The minimum absolute atomic E-state index is 0.219.